The minimum atomic E-state index is -1.22. The van der Waals surface area contributed by atoms with Crippen LogP contribution < -0.4 is 5.32 Å². The first-order chi connectivity index (χ1) is 16.4. The van der Waals surface area contributed by atoms with Crippen molar-refractivity contribution in [3.63, 3.8) is 0 Å². The number of hydroxylamine groups is 4. The molecule has 4 amide bonds. The van der Waals surface area contributed by atoms with Gasteiger partial charge < -0.3 is 19.7 Å². The minimum Gasteiger partial charge on any atom is -0.445 e. The van der Waals surface area contributed by atoms with Gasteiger partial charge in [0, 0.05) is 19.4 Å². The summed E-state index contributed by atoms with van der Waals surface area (Å²) < 4.78 is 5.09. The Labute approximate surface area is 195 Å². The smallest absolute Gasteiger partial charge is 0.445 e. The van der Waals surface area contributed by atoms with Gasteiger partial charge >= 0.3 is 18.2 Å². The topological polar surface area (TPSA) is 132 Å². The number of carbonyl (C=O) groups is 5. The van der Waals surface area contributed by atoms with Crippen molar-refractivity contribution >= 4 is 30.0 Å². The van der Waals surface area contributed by atoms with Crippen molar-refractivity contribution in [2.24, 2.45) is 0 Å². The Morgan fingerprint density at radius 3 is 2.18 bits per heavy atom. The molecule has 0 bridgehead atoms. The third-order valence-electron chi connectivity index (χ3n) is 4.60. The van der Waals surface area contributed by atoms with Crippen LogP contribution in [-0.4, -0.2) is 53.2 Å². The van der Waals surface area contributed by atoms with Gasteiger partial charge in [0.05, 0.1) is 12.1 Å². The van der Waals surface area contributed by atoms with Crippen molar-refractivity contribution in [1.29, 1.82) is 0 Å². The lowest BCUT2D eigenvalue weighted by Gasteiger charge is -2.22. The maximum absolute atomic E-state index is 12.5. The SMILES string of the molecule is O=C(NCCCN(OC(=O)c1ccccc1)C(=O)ON1C(=O)CCC1=O)OCc1ccccc1. The normalized spacial score (nSPS) is 12.8. The van der Waals surface area contributed by atoms with Gasteiger partial charge in [-0.1, -0.05) is 48.5 Å². The second-order valence-electron chi connectivity index (χ2n) is 7.13. The molecule has 0 saturated carbocycles. The maximum Gasteiger partial charge on any atom is 0.468 e. The van der Waals surface area contributed by atoms with Crippen LogP contribution in [-0.2, 0) is 30.6 Å². The van der Waals surface area contributed by atoms with Gasteiger partial charge in [0.1, 0.15) is 6.61 Å². The summed E-state index contributed by atoms with van der Waals surface area (Å²) in [6.45, 7) is -0.00777. The molecule has 1 saturated heterocycles. The molecular weight excluding hydrogens is 446 g/mol. The maximum atomic E-state index is 12.5. The highest BCUT2D eigenvalue weighted by atomic mass is 16.8. The largest absolute Gasteiger partial charge is 0.468 e. The summed E-state index contributed by atoms with van der Waals surface area (Å²) in [7, 11) is 0. The molecule has 1 aliphatic rings. The third-order valence-corrected chi connectivity index (χ3v) is 4.60. The molecule has 0 unspecified atom stereocenters. The van der Waals surface area contributed by atoms with E-state index in [2.05, 4.69) is 5.32 Å². The van der Waals surface area contributed by atoms with E-state index in [4.69, 9.17) is 14.4 Å². The summed E-state index contributed by atoms with van der Waals surface area (Å²) in [4.78, 5) is 70.1. The average Bonchev–Trinajstić information content (AvgIpc) is 3.17. The van der Waals surface area contributed by atoms with E-state index in [1.54, 1.807) is 18.2 Å². The first-order valence-corrected chi connectivity index (χ1v) is 10.5. The summed E-state index contributed by atoms with van der Waals surface area (Å²) in [6, 6.07) is 17.0. The summed E-state index contributed by atoms with van der Waals surface area (Å²) in [5.41, 5.74) is 1.00. The Bertz CT molecular complexity index is 1010. The number of rotatable bonds is 8. The molecule has 0 atom stereocenters. The number of ether oxygens (including phenoxy) is 1. The summed E-state index contributed by atoms with van der Waals surface area (Å²) in [6.07, 6.45) is -1.89. The molecule has 11 nitrogen and oxygen atoms in total. The van der Waals surface area contributed by atoms with Crippen LogP contribution in [0.1, 0.15) is 35.2 Å². The number of carbonyl (C=O) groups excluding carboxylic acids is 5. The summed E-state index contributed by atoms with van der Waals surface area (Å²) >= 11 is 0. The highest BCUT2D eigenvalue weighted by Gasteiger charge is 2.35. The number of hydrogen-bond donors (Lipinski definition) is 1. The van der Waals surface area contributed by atoms with Crippen LogP contribution in [0.25, 0.3) is 0 Å². The number of amides is 4. The van der Waals surface area contributed by atoms with E-state index in [0.29, 0.717) is 10.1 Å². The highest BCUT2D eigenvalue weighted by molar-refractivity contribution is 6.01. The molecule has 3 rings (SSSR count). The molecule has 2 aromatic carbocycles. The van der Waals surface area contributed by atoms with Gasteiger partial charge in [0.25, 0.3) is 11.8 Å². The highest BCUT2D eigenvalue weighted by Crippen LogP contribution is 2.14. The molecular formula is C23H23N3O8. The first kappa shape index (κ1) is 24.2. The van der Waals surface area contributed by atoms with E-state index >= 15 is 0 Å². The van der Waals surface area contributed by atoms with Gasteiger partial charge in [-0.3, -0.25) is 9.59 Å². The van der Waals surface area contributed by atoms with Crippen LogP contribution in [0.3, 0.4) is 0 Å². The molecule has 0 radical (unpaired) electrons. The number of imide groups is 1. The number of nitrogens with one attached hydrogen (secondary N) is 1. The second kappa shape index (κ2) is 12.0. The predicted octanol–water partition coefficient (Wildman–Crippen LogP) is 2.58. The van der Waals surface area contributed by atoms with Crippen LogP contribution in [0.2, 0.25) is 0 Å². The van der Waals surface area contributed by atoms with Crippen LogP contribution in [0.15, 0.2) is 60.7 Å². The van der Waals surface area contributed by atoms with Gasteiger partial charge in [0.15, 0.2) is 0 Å². The molecule has 2 aromatic rings. The van der Waals surface area contributed by atoms with Crippen molar-refractivity contribution in [2.45, 2.75) is 25.9 Å². The molecule has 34 heavy (non-hydrogen) atoms. The number of benzene rings is 2. The van der Waals surface area contributed by atoms with Crippen LogP contribution in [0.4, 0.5) is 9.59 Å². The van der Waals surface area contributed by atoms with Crippen molar-refractivity contribution in [2.75, 3.05) is 13.1 Å². The van der Waals surface area contributed by atoms with E-state index in [0.717, 1.165) is 5.56 Å². The van der Waals surface area contributed by atoms with E-state index in [9.17, 15) is 24.0 Å². The molecule has 0 aliphatic carbocycles. The van der Waals surface area contributed by atoms with Crippen LogP contribution in [0, 0.1) is 0 Å². The quantitative estimate of drug-likeness (QED) is 0.355. The minimum absolute atomic E-state index is 0.0784. The molecule has 178 valence electrons. The van der Waals surface area contributed by atoms with Crippen molar-refractivity contribution in [1.82, 2.24) is 15.4 Å². The lowest BCUT2D eigenvalue weighted by Crippen LogP contribution is -2.42. The van der Waals surface area contributed by atoms with Crippen molar-refractivity contribution < 1.29 is 38.4 Å². The lowest BCUT2D eigenvalue weighted by atomic mass is 10.2. The van der Waals surface area contributed by atoms with Crippen LogP contribution >= 0.6 is 0 Å². The first-order valence-electron chi connectivity index (χ1n) is 10.5. The molecule has 0 spiro atoms. The zero-order chi connectivity index (χ0) is 24.3. The Balaban J connectivity index is 1.52. The average molecular weight is 469 g/mol. The third kappa shape index (κ3) is 7.05. The van der Waals surface area contributed by atoms with Gasteiger partial charge in [-0.15, -0.1) is 10.1 Å². The standard InChI is InChI=1S/C23H23N3O8/c27-19-12-13-20(28)26(19)34-23(31)25(33-21(29)18-10-5-2-6-11-18)15-7-14-24-22(30)32-16-17-8-3-1-4-9-17/h1-6,8-11H,7,12-16H2,(H,24,30). The van der Waals surface area contributed by atoms with E-state index in [1.807, 2.05) is 30.3 Å². The zero-order valence-corrected chi connectivity index (χ0v) is 18.2. The summed E-state index contributed by atoms with van der Waals surface area (Å²) in [5.74, 6) is -2.18. The Hall–Kier alpha value is -4.41. The molecule has 1 aliphatic heterocycles. The summed E-state index contributed by atoms with van der Waals surface area (Å²) in [5, 5.41) is 3.46. The fourth-order valence-corrected chi connectivity index (χ4v) is 2.87. The number of alkyl carbamates (subject to hydrolysis) is 1. The number of hydrogen-bond acceptors (Lipinski definition) is 8. The fraction of sp³-hybridized carbons (Fsp3) is 0.261. The van der Waals surface area contributed by atoms with E-state index in [1.165, 1.54) is 12.1 Å². The second-order valence-corrected chi connectivity index (χ2v) is 7.13. The molecule has 0 aromatic heterocycles. The molecule has 1 N–H and O–H groups in total. The molecule has 11 heteroatoms. The molecule has 1 heterocycles. The Kier molecular flexibility index (Phi) is 8.55. The van der Waals surface area contributed by atoms with Crippen LogP contribution in [0.5, 0.6) is 0 Å². The Morgan fingerprint density at radius 2 is 1.53 bits per heavy atom. The van der Waals surface area contributed by atoms with Gasteiger partial charge in [-0.25, -0.2) is 14.4 Å². The molecule has 1 fully saturated rings. The Morgan fingerprint density at radius 1 is 0.912 bits per heavy atom. The van der Waals surface area contributed by atoms with Gasteiger partial charge in [-0.2, -0.15) is 0 Å². The van der Waals surface area contributed by atoms with Gasteiger partial charge in [-0.05, 0) is 24.1 Å². The number of nitrogens with zero attached hydrogens (tertiary/aromatic N) is 2. The predicted molar refractivity (Wildman–Crippen MR) is 115 cm³/mol. The van der Waals surface area contributed by atoms with Gasteiger partial charge in [0.2, 0.25) is 0 Å². The van der Waals surface area contributed by atoms with E-state index < -0.39 is 30.0 Å². The van der Waals surface area contributed by atoms with E-state index in [-0.39, 0.29) is 44.5 Å². The monoisotopic (exact) mass is 469 g/mol. The van der Waals surface area contributed by atoms with Crippen molar-refractivity contribution in [3.05, 3.63) is 71.8 Å². The lowest BCUT2D eigenvalue weighted by molar-refractivity contribution is -0.183. The van der Waals surface area contributed by atoms with Crippen molar-refractivity contribution in [3.8, 4) is 0 Å². The fourth-order valence-electron chi connectivity index (χ4n) is 2.87. The zero-order valence-electron chi connectivity index (χ0n) is 18.2.